The first-order chi connectivity index (χ1) is 6.28. The van der Waals surface area contributed by atoms with Crippen LogP contribution in [0.25, 0.3) is 0 Å². The third-order valence-electron chi connectivity index (χ3n) is 2.36. The van der Waals surface area contributed by atoms with Crippen molar-refractivity contribution in [2.45, 2.75) is 25.0 Å². The monoisotopic (exact) mass is 233 g/mol. The van der Waals surface area contributed by atoms with E-state index in [9.17, 15) is 8.42 Å². The second kappa shape index (κ2) is 3.64. The van der Waals surface area contributed by atoms with E-state index < -0.39 is 10.0 Å². The molecule has 5 heteroatoms. The minimum absolute atomic E-state index is 0.470. The lowest BCUT2D eigenvalue weighted by molar-refractivity contribution is 0.522. The number of hydrogen-bond donors (Lipinski definition) is 0. The zero-order valence-corrected chi connectivity index (χ0v) is 10.7. The van der Waals surface area contributed by atoms with Crippen LogP contribution in [0, 0.1) is 20.8 Å². The third-order valence-corrected chi connectivity index (χ3v) is 6.08. The van der Waals surface area contributed by atoms with Gasteiger partial charge in [-0.2, -0.15) is 0 Å². The Morgan fingerprint density at radius 1 is 1.07 bits per heavy atom. The maximum absolute atomic E-state index is 11.9. The molecule has 1 aromatic heterocycles. The van der Waals surface area contributed by atoms with Crippen molar-refractivity contribution in [3.05, 3.63) is 16.0 Å². The van der Waals surface area contributed by atoms with Gasteiger partial charge in [0.2, 0.25) is 0 Å². The molecular formula is C9H15NO2S2. The van der Waals surface area contributed by atoms with E-state index in [1.807, 2.05) is 20.8 Å². The Kier molecular flexibility index (Phi) is 3.04. The van der Waals surface area contributed by atoms with Gasteiger partial charge in [-0.1, -0.05) is 0 Å². The van der Waals surface area contributed by atoms with Gasteiger partial charge in [-0.3, -0.25) is 0 Å². The molecule has 0 spiro atoms. The van der Waals surface area contributed by atoms with Crippen molar-refractivity contribution in [3.63, 3.8) is 0 Å². The minimum atomic E-state index is -3.26. The van der Waals surface area contributed by atoms with Gasteiger partial charge in [-0.05, 0) is 31.9 Å². The van der Waals surface area contributed by atoms with Gasteiger partial charge in [-0.15, -0.1) is 11.3 Å². The highest BCUT2D eigenvalue weighted by molar-refractivity contribution is 7.91. The molecule has 80 valence electrons. The summed E-state index contributed by atoms with van der Waals surface area (Å²) in [4.78, 5) is 1.07. The number of hydrogen-bond acceptors (Lipinski definition) is 3. The molecule has 3 nitrogen and oxygen atoms in total. The van der Waals surface area contributed by atoms with E-state index in [2.05, 4.69) is 0 Å². The lowest BCUT2D eigenvalue weighted by Crippen LogP contribution is -2.21. The van der Waals surface area contributed by atoms with Gasteiger partial charge >= 0.3 is 0 Å². The molecule has 0 radical (unpaired) electrons. The van der Waals surface area contributed by atoms with E-state index in [4.69, 9.17) is 0 Å². The first-order valence-electron chi connectivity index (χ1n) is 4.27. The summed E-state index contributed by atoms with van der Waals surface area (Å²) >= 11 is 1.35. The van der Waals surface area contributed by atoms with Gasteiger partial charge < -0.3 is 0 Å². The molecule has 14 heavy (non-hydrogen) atoms. The second-order valence-corrected chi connectivity index (χ2v) is 7.05. The number of thiophene rings is 1. The van der Waals surface area contributed by atoms with Crippen molar-refractivity contribution < 1.29 is 8.42 Å². The molecule has 0 saturated heterocycles. The summed E-state index contributed by atoms with van der Waals surface area (Å²) in [5.74, 6) is 0. The molecule has 0 aliphatic heterocycles. The molecule has 1 heterocycles. The fourth-order valence-corrected chi connectivity index (χ4v) is 4.13. The van der Waals surface area contributed by atoms with Crippen molar-refractivity contribution in [1.82, 2.24) is 4.31 Å². The molecule has 0 fully saturated rings. The molecule has 1 rings (SSSR count). The Bertz CT molecular complexity index is 444. The molecule has 0 aromatic carbocycles. The number of rotatable bonds is 2. The van der Waals surface area contributed by atoms with Crippen LogP contribution in [-0.2, 0) is 10.0 Å². The van der Waals surface area contributed by atoms with Crippen molar-refractivity contribution >= 4 is 21.4 Å². The lowest BCUT2D eigenvalue weighted by atomic mass is 10.2. The normalized spacial score (nSPS) is 12.4. The second-order valence-electron chi connectivity index (χ2n) is 3.48. The van der Waals surface area contributed by atoms with Crippen LogP contribution >= 0.6 is 11.3 Å². The van der Waals surface area contributed by atoms with Gasteiger partial charge in [-0.25, -0.2) is 12.7 Å². The van der Waals surface area contributed by atoms with Crippen LogP contribution in [0.15, 0.2) is 4.21 Å². The van der Waals surface area contributed by atoms with E-state index >= 15 is 0 Å². The molecule has 0 bridgehead atoms. The number of sulfonamides is 1. The summed E-state index contributed by atoms with van der Waals surface area (Å²) in [6.45, 7) is 5.76. The van der Waals surface area contributed by atoms with E-state index in [0.29, 0.717) is 4.21 Å². The van der Waals surface area contributed by atoms with Crippen LogP contribution in [0.5, 0.6) is 0 Å². The van der Waals surface area contributed by atoms with E-state index in [1.165, 1.54) is 15.6 Å². The van der Waals surface area contributed by atoms with Gasteiger partial charge in [0.1, 0.15) is 4.21 Å². The molecule has 0 aliphatic carbocycles. The van der Waals surface area contributed by atoms with Crippen LogP contribution in [0.3, 0.4) is 0 Å². The average Bonchev–Trinajstić information content (AvgIpc) is 2.33. The molecule has 0 aliphatic rings. The molecular weight excluding hydrogens is 218 g/mol. The van der Waals surface area contributed by atoms with E-state index in [1.54, 1.807) is 14.1 Å². The highest BCUT2D eigenvalue weighted by Crippen LogP contribution is 2.31. The average molecular weight is 233 g/mol. The van der Waals surface area contributed by atoms with Crippen LogP contribution in [0.4, 0.5) is 0 Å². The molecule has 0 N–H and O–H groups in total. The fourth-order valence-electron chi connectivity index (χ4n) is 1.12. The maximum atomic E-state index is 11.9. The van der Waals surface area contributed by atoms with Crippen LogP contribution in [-0.4, -0.2) is 26.8 Å². The summed E-state index contributed by atoms with van der Waals surface area (Å²) in [5, 5.41) is 0. The molecule has 0 saturated carbocycles. The first kappa shape index (κ1) is 11.7. The number of aryl methyl sites for hydroxylation is 1. The minimum Gasteiger partial charge on any atom is -0.206 e. The van der Waals surface area contributed by atoms with E-state index in [0.717, 1.165) is 16.0 Å². The largest absolute Gasteiger partial charge is 0.252 e. The van der Waals surface area contributed by atoms with Crippen LogP contribution in [0.2, 0.25) is 0 Å². The first-order valence-corrected chi connectivity index (χ1v) is 6.53. The van der Waals surface area contributed by atoms with Crippen LogP contribution in [0.1, 0.15) is 16.0 Å². The standard InChI is InChI=1S/C9H15NO2S2/c1-6-7(2)9(13-8(6)3)14(11,12)10(4)5/h1-5H3. The number of nitrogens with zero attached hydrogens (tertiary/aromatic N) is 1. The smallest absolute Gasteiger partial charge is 0.206 e. The topological polar surface area (TPSA) is 37.4 Å². The van der Waals surface area contributed by atoms with Crippen molar-refractivity contribution in [3.8, 4) is 0 Å². The summed E-state index contributed by atoms with van der Waals surface area (Å²) in [6.07, 6.45) is 0. The van der Waals surface area contributed by atoms with Crippen molar-refractivity contribution in [2.24, 2.45) is 0 Å². The van der Waals surface area contributed by atoms with Crippen molar-refractivity contribution in [1.29, 1.82) is 0 Å². The molecule has 0 atom stereocenters. The Morgan fingerprint density at radius 3 is 1.86 bits per heavy atom. The van der Waals surface area contributed by atoms with Gasteiger partial charge in [0.15, 0.2) is 0 Å². The predicted octanol–water partition coefficient (Wildman–Crippen LogP) is 1.92. The highest BCUT2D eigenvalue weighted by atomic mass is 32.2. The summed E-state index contributed by atoms with van der Waals surface area (Å²) in [7, 11) is -0.148. The van der Waals surface area contributed by atoms with Gasteiger partial charge in [0.25, 0.3) is 10.0 Å². The maximum Gasteiger partial charge on any atom is 0.252 e. The fraction of sp³-hybridized carbons (Fsp3) is 0.556. The summed E-state index contributed by atoms with van der Waals surface area (Å²) < 4.78 is 25.4. The highest BCUT2D eigenvalue weighted by Gasteiger charge is 2.23. The summed E-state index contributed by atoms with van der Waals surface area (Å²) in [6, 6.07) is 0. The Labute approximate surface area is 89.4 Å². The van der Waals surface area contributed by atoms with Gasteiger partial charge in [0.05, 0.1) is 0 Å². The lowest BCUT2D eigenvalue weighted by Gasteiger charge is -2.10. The van der Waals surface area contributed by atoms with Crippen molar-refractivity contribution in [2.75, 3.05) is 14.1 Å². The SMILES string of the molecule is Cc1sc(S(=O)(=O)N(C)C)c(C)c1C. The zero-order valence-electron chi connectivity index (χ0n) is 9.08. The Balaban J connectivity index is 3.42. The third kappa shape index (κ3) is 1.71. The molecule has 0 amide bonds. The quantitative estimate of drug-likeness (QED) is 0.782. The Hall–Kier alpha value is -0.390. The summed E-state index contributed by atoms with van der Waals surface area (Å²) in [5.41, 5.74) is 1.96. The molecule has 0 unspecified atom stereocenters. The molecule has 1 aromatic rings. The predicted molar refractivity (Wildman–Crippen MR) is 59.4 cm³/mol. The van der Waals surface area contributed by atoms with Gasteiger partial charge in [0, 0.05) is 19.0 Å². The van der Waals surface area contributed by atoms with E-state index in [-0.39, 0.29) is 0 Å². The Morgan fingerprint density at radius 2 is 1.57 bits per heavy atom. The van der Waals surface area contributed by atoms with Crippen LogP contribution < -0.4 is 0 Å². The zero-order chi connectivity index (χ0) is 11.1.